The number of amides is 1. The van der Waals surface area contributed by atoms with E-state index >= 15 is 0 Å². The Balaban J connectivity index is 2.16. The van der Waals surface area contributed by atoms with Gasteiger partial charge in [-0.25, -0.2) is 10.8 Å². The summed E-state index contributed by atoms with van der Waals surface area (Å²) in [5.41, 5.74) is 2.56. The number of nitrogens with one attached hydrogen (secondary N) is 1. The molecule has 1 aliphatic rings. The Kier molecular flexibility index (Phi) is 4.25. The molecule has 104 valence electrons. The van der Waals surface area contributed by atoms with Gasteiger partial charge < -0.3 is 20.2 Å². The van der Waals surface area contributed by atoms with Gasteiger partial charge in [-0.05, 0) is 6.92 Å². The number of nitrogens with zero attached hydrogens (tertiary/aromatic N) is 3. The van der Waals surface area contributed by atoms with E-state index in [1.807, 2.05) is 6.92 Å². The van der Waals surface area contributed by atoms with Gasteiger partial charge in [-0.2, -0.15) is 0 Å². The van der Waals surface area contributed by atoms with Crippen LogP contribution in [0, 0.1) is 0 Å². The van der Waals surface area contributed by atoms with Crippen LogP contribution < -0.4 is 11.3 Å². The van der Waals surface area contributed by atoms with Crippen LogP contribution in [0.15, 0.2) is 12.4 Å². The summed E-state index contributed by atoms with van der Waals surface area (Å²) in [6, 6.07) is -0.0772. The number of rotatable bonds is 3. The topological polar surface area (TPSA) is 114 Å². The van der Waals surface area contributed by atoms with Crippen LogP contribution in [-0.2, 0) is 4.74 Å². The third kappa shape index (κ3) is 2.98. The number of carbonyl (C=O) groups excluding carboxylic acids is 1. The summed E-state index contributed by atoms with van der Waals surface area (Å²) < 4.78 is 5.39. The van der Waals surface area contributed by atoms with Crippen molar-refractivity contribution in [1.29, 1.82) is 0 Å². The second-order valence-electron chi connectivity index (χ2n) is 4.38. The average Bonchev–Trinajstić information content (AvgIpc) is 2.47. The van der Waals surface area contributed by atoms with E-state index in [9.17, 15) is 4.79 Å². The molecule has 0 radical (unpaired) electrons. The van der Waals surface area contributed by atoms with Crippen molar-refractivity contribution >= 4 is 11.7 Å². The molecule has 1 aliphatic heterocycles. The molecule has 2 unspecified atom stereocenters. The highest BCUT2D eigenvalue weighted by Gasteiger charge is 2.30. The third-order valence-electron chi connectivity index (χ3n) is 2.97. The maximum absolute atomic E-state index is 12.4. The van der Waals surface area contributed by atoms with E-state index in [4.69, 9.17) is 15.7 Å². The lowest BCUT2D eigenvalue weighted by Crippen LogP contribution is -2.52. The number of anilines is 1. The van der Waals surface area contributed by atoms with E-state index < -0.39 is 0 Å². The van der Waals surface area contributed by atoms with Gasteiger partial charge in [0.15, 0.2) is 5.82 Å². The van der Waals surface area contributed by atoms with Crippen LogP contribution in [0.25, 0.3) is 0 Å². The number of hydrogen-bond acceptors (Lipinski definition) is 7. The highest BCUT2D eigenvalue weighted by atomic mass is 16.5. The number of ether oxygens (including phenoxy) is 1. The molecule has 1 amide bonds. The van der Waals surface area contributed by atoms with Gasteiger partial charge in [0.25, 0.3) is 5.91 Å². The van der Waals surface area contributed by atoms with Crippen LogP contribution in [0.3, 0.4) is 0 Å². The minimum absolute atomic E-state index is 0.0772. The van der Waals surface area contributed by atoms with Crippen molar-refractivity contribution in [2.24, 2.45) is 5.84 Å². The van der Waals surface area contributed by atoms with E-state index in [1.54, 1.807) is 4.90 Å². The quantitative estimate of drug-likeness (QED) is 0.474. The standard InChI is InChI=1S/C11H17N5O3/c1-7-6-19-8(5-17)4-16(7)11(18)9-2-13-3-10(14-9)15-12/h2-3,7-8,17H,4-6,12H2,1H3,(H,14,15). The van der Waals surface area contributed by atoms with Crippen LogP contribution in [0.1, 0.15) is 17.4 Å². The minimum atomic E-state index is -0.357. The minimum Gasteiger partial charge on any atom is -0.394 e. The largest absolute Gasteiger partial charge is 0.394 e. The third-order valence-corrected chi connectivity index (χ3v) is 2.97. The van der Waals surface area contributed by atoms with Gasteiger partial charge >= 0.3 is 0 Å². The van der Waals surface area contributed by atoms with Gasteiger partial charge in [-0.3, -0.25) is 9.78 Å². The molecule has 1 saturated heterocycles. The van der Waals surface area contributed by atoms with E-state index in [2.05, 4.69) is 15.4 Å². The van der Waals surface area contributed by atoms with Crippen molar-refractivity contribution in [2.75, 3.05) is 25.2 Å². The predicted molar refractivity (Wildman–Crippen MR) is 67.2 cm³/mol. The maximum atomic E-state index is 12.4. The molecule has 0 saturated carbocycles. The average molecular weight is 267 g/mol. The molecule has 0 aromatic carbocycles. The summed E-state index contributed by atoms with van der Waals surface area (Å²) in [6.07, 6.45) is 2.46. The molecule has 19 heavy (non-hydrogen) atoms. The molecule has 2 heterocycles. The number of nitrogens with two attached hydrogens (primary N) is 1. The predicted octanol–water partition coefficient (Wildman–Crippen LogP) is -1.02. The summed E-state index contributed by atoms with van der Waals surface area (Å²) >= 11 is 0. The number of aliphatic hydroxyl groups is 1. The molecule has 1 fully saturated rings. The zero-order valence-electron chi connectivity index (χ0n) is 10.6. The SMILES string of the molecule is CC1COC(CO)CN1C(=O)c1cncc(NN)n1. The normalized spacial score (nSPS) is 23.2. The van der Waals surface area contributed by atoms with Crippen molar-refractivity contribution in [3.05, 3.63) is 18.1 Å². The van der Waals surface area contributed by atoms with Gasteiger partial charge in [0.1, 0.15) is 5.69 Å². The lowest BCUT2D eigenvalue weighted by molar-refractivity contribution is -0.0668. The highest BCUT2D eigenvalue weighted by Crippen LogP contribution is 2.15. The Labute approximate surface area is 110 Å². The van der Waals surface area contributed by atoms with Gasteiger partial charge in [0, 0.05) is 6.54 Å². The number of carbonyl (C=O) groups is 1. The van der Waals surface area contributed by atoms with E-state index in [-0.39, 0.29) is 30.4 Å². The van der Waals surface area contributed by atoms with E-state index in [1.165, 1.54) is 12.4 Å². The zero-order valence-corrected chi connectivity index (χ0v) is 10.6. The maximum Gasteiger partial charge on any atom is 0.274 e. The molecule has 2 atom stereocenters. The Hall–Kier alpha value is -1.77. The smallest absolute Gasteiger partial charge is 0.274 e. The summed E-state index contributed by atoms with van der Waals surface area (Å²) in [5, 5.41) is 9.11. The Morgan fingerprint density at radius 1 is 1.68 bits per heavy atom. The number of nitrogen functional groups attached to an aromatic ring is 1. The van der Waals surface area contributed by atoms with E-state index in [0.29, 0.717) is 19.0 Å². The number of morpholine rings is 1. The summed E-state index contributed by atoms with van der Waals surface area (Å²) in [6.45, 7) is 2.48. The Morgan fingerprint density at radius 2 is 2.47 bits per heavy atom. The molecular weight excluding hydrogens is 250 g/mol. The first-order valence-electron chi connectivity index (χ1n) is 5.97. The number of aliphatic hydroxyl groups excluding tert-OH is 1. The Bertz CT molecular complexity index is 456. The van der Waals surface area contributed by atoms with Gasteiger partial charge in [0.2, 0.25) is 0 Å². The molecule has 8 heteroatoms. The van der Waals surface area contributed by atoms with Crippen molar-refractivity contribution < 1.29 is 14.6 Å². The lowest BCUT2D eigenvalue weighted by atomic mass is 10.2. The first-order chi connectivity index (χ1) is 9.15. The van der Waals surface area contributed by atoms with Crippen molar-refractivity contribution in [2.45, 2.75) is 19.1 Å². The molecular formula is C11H17N5O3. The fourth-order valence-electron chi connectivity index (χ4n) is 1.90. The fraction of sp³-hybridized carbons (Fsp3) is 0.545. The van der Waals surface area contributed by atoms with Crippen LogP contribution >= 0.6 is 0 Å². The van der Waals surface area contributed by atoms with Crippen LogP contribution in [0.4, 0.5) is 5.82 Å². The lowest BCUT2D eigenvalue weighted by Gasteiger charge is -2.37. The molecule has 1 aromatic heterocycles. The number of aromatic nitrogens is 2. The Morgan fingerprint density at radius 3 is 3.16 bits per heavy atom. The molecule has 0 bridgehead atoms. The fourth-order valence-corrected chi connectivity index (χ4v) is 1.90. The molecule has 0 spiro atoms. The summed E-state index contributed by atoms with van der Waals surface area (Å²) in [7, 11) is 0. The van der Waals surface area contributed by atoms with Gasteiger partial charge in [-0.1, -0.05) is 0 Å². The molecule has 1 aromatic rings. The second kappa shape index (κ2) is 5.91. The van der Waals surface area contributed by atoms with Crippen molar-refractivity contribution in [3.63, 3.8) is 0 Å². The number of hydrogen-bond donors (Lipinski definition) is 3. The van der Waals surface area contributed by atoms with Gasteiger partial charge in [-0.15, -0.1) is 0 Å². The zero-order chi connectivity index (χ0) is 13.8. The summed E-state index contributed by atoms with van der Waals surface area (Å²) in [4.78, 5) is 21.9. The summed E-state index contributed by atoms with van der Waals surface area (Å²) in [5.74, 6) is 5.31. The number of hydrazine groups is 1. The monoisotopic (exact) mass is 267 g/mol. The van der Waals surface area contributed by atoms with Crippen LogP contribution in [0.2, 0.25) is 0 Å². The van der Waals surface area contributed by atoms with Crippen LogP contribution in [0.5, 0.6) is 0 Å². The molecule has 2 rings (SSSR count). The highest BCUT2D eigenvalue weighted by molar-refractivity contribution is 5.92. The van der Waals surface area contributed by atoms with E-state index in [0.717, 1.165) is 0 Å². The molecule has 0 aliphatic carbocycles. The first-order valence-corrected chi connectivity index (χ1v) is 5.97. The van der Waals surface area contributed by atoms with Gasteiger partial charge in [0.05, 0.1) is 37.8 Å². The molecule has 4 N–H and O–H groups in total. The van der Waals surface area contributed by atoms with Crippen LogP contribution in [-0.4, -0.2) is 57.8 Å². The second-order valence-corrected chi connectivity index (χ2v) is 4.38. The molecule has 8 nitrogen and oxygen atoms in total. The van der Waals surface area contributed by atoms with Crippen molar-refractivity contribution in [1.82, 2.24) is 14.9 Å². The first kappa shape index (κ1) is 13.7. The van der Waals surface area contributed by atoms with Crippen molar-refractivity contribution in [3.8, 4) is 0 Å².